The molecular weight excluding hydrogens is 318 g/mol. The summed E-state index contributed by atoms with van der Waals surface area (Å²) in [6.45, 7) is 1.37. The van der Waals surface area contributed by atoms with Crippen molar-refractivity contribution >= 4 is 24.7 Å². The number of carbonyl (C=O) groups excluding carboxylic acids is 2. The van der Waals surface area contributed by atoms with Crippen molar-refractivity contribution in [1.29, 1.82) is 0 Å². The second-order valence-corrected chi connectivity index (χ2v) is 3.77. The second kappa shape index (κ2) is 15.8. The molecule has 0 aromatic heterocycles. The smallest absolute Gasteiger partial charge is 0.351 e. The first-order chi connectivity index (χ1) is 10.7. The lowest BCUT2D eigenvalue weighted by atomic mass is 10.6. The Bertz CT molecular complexity index is 366. The van der Waals surface area contributed by atoms with Gasteiger partial charge < -0.3 is 24.4 Å². The van der Waals surface area contributed by atoms with E-state index >= 15 is 0 Å². The molecule has 0 aliphatic rings. The van der Waals surface area contributed by atoms with Gasteiger partial charge >= 0.3 is 5.97 Å². The zero-order chi connectivity index (χ0) is 16.5. The van der Waals surface area contributed by atoms with Crippen LogP contribution in [0.2, 0.25) is 0 Å². The van der Waals surface area contributed by atoms with Gasteiger partial charge in [-0.1, -0.05) is 22.8 Å². The standard InChI is InChI=1S/C10H19N5O6S/c11-14-13-2-4-19-6-5-18-3-1-12-9(16)7-20-8-10(17)21-15-22/h15,22H,1-8H2,(H,12,16). The summed E-state index contributed by atoms with van der Waals surface area (Å²) in [6, 6.07) is 0. The summed E-state index contributed by atoms with van der Waals surface area (Å²) in [6.07, 6.45) is 0. The molecule has 126 valence electrons. The molecule has 0 spiro atoms. The first-order valence-corrected chi connectivity index (χ1v) is 6.75. The molecular formula is C10H19N5O6S. The zero-order valence-corrected chi connectivity index (χ0v) is 12.8. The predicted octanol–water partition coefficient (Wildman–Crippen LogP) is -0.645. The van der Waals surface area contributed by atoms with Gasteiger partial charge in [0.05, 0.1) is 26.4 Å². The van der Waals surface area contributed by atoms with Crippen molar-refractivity contribution in [3.63, 3.8) is 0 Å². The largest absolute Gasteiger partial charge is 0.379 e. The van der Waals surface area contributed by atoms with Crippen molar-refractivity contribution in [3.8, 4) is 0 Å². The molecule has 0 aromatic carbocycles. The van der Waals surface area contributed by atoms with Crippen LogP contribution in [0.4, 0.5) is 0 Å². The van der Waals surface area contributed by atoms with Gasteiger partial charge in [0.15, 0.2) is 0 Å². The lowest BCUT2D eigenvalue weighted by Gasteiger charge is -2.07. The van der Waals surface area contributed by atoms with Crippen molar-refractivity contribution in [2.24, 2.45) is 5.11 Å². The molecule has 0 heterocycles. The number of nitrogens with one attached hydrogen (secondary N) is 2. The maximum Gasteiger partial charge on any atom is 0.351 e. The van der Waals surface area contributed by atoms with Gasteiger partial charge in [0, 0.05) is 18.0 Å². The molecule has 1 amide bonds. The van der Waals surface area contributed by atoms with E-state index in [-0.39, 0.29) is 25.7 Å². The minimum Gasteiger partial charge on any atom is -0.379 e. The minimum absolute atomic E-state index is 0.260. The summed E-state index contributed by atoms with van der Waals surface area (Å²) < 4.78 is 15.1. The summed E-state index contributed by atoms with van der Waals surface area (Å²) in [5.74, 6) is -1.06. The van der Waals surface area contributed by atoms with E-state index < -0.39 is 5.97 Å². The summed E-state index contributed by atoms with van der Waals surface area (Å²) in [4.78, 5) is 30.8. The number of hydrogen-bond acceptors (Lipinski definition) is 9. The SMILES string of the molecule is [N-]=[N+]=NCCOCCOCCNC(=O)COCC(=O)ONS. The molecule has 22 heavy (non-hydrogen) atoms. The van der Waals surface area contributed by atoms with E-state index in [2.05, 4.69) is 33.0 Å². The molecule has 2 N–H and O–H groups in total. The lowest BCUT2D eigenvalue weighted by Crippen LogP contribution is -2.32. The number of amides is 1. The maximum absolute atomic E-state index is 11.3. The molecule has 0 atom stereocenters. The van der Waals surface area contributed by atoms with Gasteiger partial charge in [-0.05, 0) is 5.53 Å². The predicted molar refractivity (Wildman–Crippen MR) is 77.7 cm³/mol. The van der Waals surface area contributed by atoms with Gasteiger partial charge in [0.2, 0.25) is 5.91 Å². The number of nitrogens with zero attached hydrogens (tertiary/aromatic N) is 3. The number of hydrogen-bond donors (Lipinski definition) is 3. The summed E-state index contributed by atoms with van der Waals surface area (Å²) in [7, 11) is 0. The highest BCUT2D eigenvalue weighted by molar-refractivity contribution is 7.77. The van der Waals surface area contributed by atoms with E-state index in [1.54, 1.807) is 0 Å². The fourth-order valence-corrected chi connectivity index (χ4v) is 1.19. The van der Waals surface area contributed by atoms with Crippen LogP contribution in [0, 0.1) is 0 Å². The van der Waals surface area contributed by atoms with Crippen LogP contribution < -0.4 is 10.2 Å². The van der Waals surface area contributed by atoms with Gasteiger partial charge in [-0.3, -0.25) is 4.79 Å². The zero-order valence-electron chi connectivity index (χ0n) is 11.9. The highest BCUT2D eigenvalue weighted by Gasteiger charge is 2.05. The van der Waals surface area contributed by atoms with E-state index in [1.165, 1.54) is 0 Å². The van der Waals surface area contributed by atoms with E-state index in [4.69, 9.17) is 19.7 Å². The Morgan fingerprint density at radius 2 is 1.82 bits per heavy atom. The van der Waals surface area contributed by atoms with Gasteiger partial charge in [0.25, 0.3) is 0 Å². The van der Waals surface area contributed by atoms with Crippen LogP contribution in [0.3, 0.4) is 0 Å². The topological polar surface area (TPSA) is 144 Å². The third-order valence-corrected chi connectivity index (χ3v) is 2.04. The number of carbonyl (C=O) groups is 2. The van der Waals surface area contributed by atoms with Gasteiger partial charge in [0.1, 0.15) is 13.2 Å². The number of ether oxygens (including phenoxy) is 3. The van der Waals surface area contributed by atoms with Crippen LogP contribution in [0.1, 0.15) is 0 Å². The van der Waals surface area contributed by atoms with Gasteiger partial charge in [-0.15, -0.1) is 0 Å². The first-order valence-electron chi connectivity index (χ1n) is 6.30. The number of rotatable bonds is 14. The lowest BCUT2D eigenvalue weighted by molar-refractivity contribution is -0.152. The Balaban J connectivity index is 3.28. The molecule has 0 saturated carbocycles. The van der Waals surface area contributed by atoms with Crippen LogP contribution in [0.15, 0.2) is 5.11 Å². The van der Waals surface area contributed by atoms with E-state index in [0.717, 1.165) is 0 Å². The Morgan fingerprint density at radius 3 is 2.50 bits per heavy atom. The third kappa shape index (κ3) is 14.8. The van der Waals surface area contributed by atoms with Crippen LogP contribution in [-0.4, -0.2) is 64.6 Å². The molecule has 0 aliphatic heterocycles. The van der Waals surface area contributed by atoms with Crippen molar-refractivity contribution in [3.05, 3.63) is 10.4 Å². The average molecular weight is 337 g/mol. The summed E-state index contributed by atoms with van der Waals surface area (Å²) >= 11 is 3.46. The molecule has 0 aromatic rings. The molecule has 0 fully saturated rings. The molecule has 0 unspecified atom stereocenters. The highest BCUT2D eigenvalue weighted by atomic mass is 32.1. The van der Waals surface area contributed by atoms with Crippen molar-refractivity contribution in [2.45, 2.75) is 0 Å². The Labute approximate surface area is 132 Å². The molecule has 0 aliphatic carbocycles. The highest BCUT2D eigenvalue weighted by Crippen LogP contribution is 1.82. The quantitative estimate of drug-likeness (QED) is 0.0954. The van der Waals surface area contributed by atoms with Crippen LogP contribution in [0.5, 0.6) is 0 Å². The molecule has 0 rings (SSSR count). The molecule has 0 bridgehead atoms. The molecule has 0 radical (unpaired) electrons. The summed E-state index contributed by atoms with van der Waals surface area (Å²) in [5, 5.41) is 5.84. The molecule has 12 heteroatoms. The third-order valence-electron chi connectivity index (χ3n) is 1.95. The normalized spacial score (nSPS) is 9.86. The first kappa shape index (κ1) is 20.4. The number of thiol groups is 1. The van der Waals surface area contributed by atoms with Crippen molar-refractivity contribution < 1.29 is 28.6 Å². The number of azide groups is 1. The molecule has 11 nitrogen and oxygen atoms in total. The van der Waals surface area contributed by atoms with Crippen molar-refractivity contribution in [2.75, 3.05) is 52.7 Å². The fourth-order valence-electron chi connectivity index (χ4n) is 1.09. The monoisotopic (exact) mass is 337 g/mol. The fraction of sp³-hybridized carbons (Fsp3) is 0.800. The van der Waals surface area contributed by atoms with E-state index in [9.17, 15) is 9.59 Å². The Morgan fingerprint density at radius 1 is 1.09 bits per heavy atom. The van der Waals surface area contributed by atoms with E-state index in [1.807, 2.05) is 4.89 Å². The Hall–Kier alpha value is -1.56. The molecule has 0 saturated heterocycles. The van der Waals surface area contributed by atoms with E-state index in [0.29, 0.717) is 33.0 Å². The van der Waals surface area contributed by atoms with Crippen LogP contribution in [-0.2, 0) is 28.6 Å². The average Bonchev–Trinajstić information content (AvgIpc) is 2.49. The minimum atomic E-state index is -0.688. The van der Waals surface area contributed by atoms with Gasteiger partial charge in [-0.25, -0.2) is 4.79 Å². The van der Waals surface area contributed by atoms with Crippen molar-refractivity contribution in [1.82, 2.24) is 10.2 Å². The van der Waals surface area contributed by atoms with Gasteiger partial charge in [-0.2, -0.15) is 0 Å². The summed E-state index contributed by atoms with van der Waals surface area (Å²) in [5.41, 5.74) is 8.02. The second-order valence-electron chi connectivity index (χ2n) is 3.59. The maximum atomic E-state index is 11.3. The van der Waals surface area contributed by atoms with Crippen LogP contribution in [0.25, 0.3) is 10.4 Å². The van der Waals surface area contributed by atoms with Crippen LogP contribution >= 0.6 is 12.8 Å². The Kier molecular flexibility index (Phi) is 14.7.